The van der Waals surface area contributed by atoms with Crippen LogP contribution in [-0.4, -0.2) is 11.7 Å². The summed E-state index contributed by atoms with van der Waals surface area (Å²) in [5, 5.41) is 13.4. The zero-order valence-corrected chi connectivity index (χ0v) is 12.5. The quantitative estimate of drug-likeness (QED) is 0.873. The first-order valence-corrected chi connectivity index (χ1v) is 7.03. The fourth-order valence-corrected chi connectivity index (χ4v) is 2.46. The van der Waals surface area contributed by atoms with Gasteiger partial charge in [0.25, 0.3) is 0 Å². The second-order valence-corrected chi connectivity index (χ2v) is 5.65. The van der Waals surface area contributed by atoms with Crippen LogP contribution in [0, 0.1) is 13.8 Å². The Hall–Kier alpha value is -1.64. The first-order chi connectivity index (χ1) is 9.55. The summed E-state index contributed by atoms with van der Waals surface area (Å²) in [7, 11) is 0. The minimum absolute atomic E-state index is 0.0735. The summed E-state index contributed by atoms with van der Waals surface area (Å²) in [6.07, 6.45) is 0. The first kappa shape index (κ1) is 14.8. The van der Waals surface area contributed by atoms with Gasteiger partial charge in [-0.1, -0.05) is 54.1 Å². The maximum absolute atomic E-state index is 9.87. The van der Waals surface area contributed by atoms with Gasteiger partial charge < -0.3 is 10.4 Å². The van der Waals surface area contributed by atoms with Gasteiger partial charge in [-0.15, -0.1) is 0 Å². The Morgan fingerprint density at radius 2 is 1.75 bits per heavy atom. The van der Waals surface area contributed by atoms with Crippen LogP contribution >= 0.6 is 0 Å². The Bertz CT molecular complexity index is 565. The topological polar surface area (TPSA) is 32.3 Å². The third-order valence-electron chi connectivity index (χ3n) is 3.83. The summed E-state index contributed by atoms with van der Waals surface area (Å²) in [5.41, 5.74) is 4.37. The maximum Gasteiger partial charge on any atom is 0.0652 e. The summed E-state index contributed by atoms with van der Waals surface area (Å²) < 4.78 is 0. The Morgan fingerprint density at radius 1 is 1.05 bits per heavy atom. The molecular weight excluding hydrogens is 246 g/mol. The number of aliphatic hydroxyl groups excluding tert-OH is 1. The van der Waals surface area contributed by atoms with Gasteiger partial charge in [-0.25, -0.2) is 0 Å². The SMILES string of the molecule is Cc1ccc(C)c(C(C)(CO)NCc2ccccc2)c1. The zero-order chi connectivity index (χ0) is 14.6. The van der Waals surface area contributed by atoms with Crippen molar-refractivity contribution >= 4 is 0 Å². The maximum atomic E-state index is 9.87. The molecule has 2 aromatic rings. The summed E-state index contributed by atoms with van der Waals surface area (Å²) in [5.74, 6) is 0. The van der Waals surface area contributed by atoms with E-state index >= 15 is 0 Å². The molecule has 2 rings (SSSR count). The van der Waals surface area contributed by atoms with Crippen molar-refractivity contribution in [1.29, 1.82) is 0 Å². The molecule has 20 heavy (non-hydrogen) atoms. The van der Waals surface area contributed by atoms with Gasteiger partial charge in [-0.05, 0) is 37.5 Å². The van der Waals surface area contributed by atoms with Gasteiger partial charge in [0.2, 0.25) is 0 Å². The molecule has 0 aliphatic carbocycles. The van der Waals surface area contributed by atoms with E-state index in [0.29, 0.717) is 0 Å². The molecule has 0 heterocycles. The first-order valence-electron chi connectivity index (χ1n) is 7.03. The molecule has 0 spiro atoms. The number of aliphatic hydroxyl groups is 1. The Kier molecular flexibility index (Phi) is 4.58. The van der Waals surface area contributed by atoms with E-state index < -0.39 is 5.54 Å². The lowest BCUT2D eigenvalue weighted by Gasteiger charge is -2.31. The van der Waals surface area contributed by atoms with Crippen LogP contribution in [0.15, 0.2) is 48.5 Å². The summed E-state index contributed by atoms with van der Waals surface area (Å²) in [4.78, 5) is 0. The Labute approximate surface area is 121 Å². The van der Waals surface area contributed by atoms with Crippen molar-refractivity contribution < 1.29 is 5.11 Å². The van der Waals surface area contributed by atoms with E-state index in [9.17, 15) is 5.11 Å². The summed E-state index contributed by atoms with van der Waals surface area (Å²) in [6.45, 7) is 7.04. The van der Waals surface area contributed by atoms with Crippen LogP contribution in [0.25, 0.3) is 0 Å². The molecule has 1 atom stereocenters. The van der Waals surface area contributed by atoms with Gasteiger partial charge in [-0.2, -0.15) is 0 Å². The van der Waals surface area contributed by atoms with Gasteiger partial charge in [0.05, 0.1) is 12.1 Å². The fraction of sp³-hybridized carbons (Fsp3) is 0.333. The second kappa shape index (κ2) is 6.21. The molecule has 2 N–H and O–H groups in total. The predicted molar refractivity (Wildman–Crippen MR) is 83.6 cm³/mol. The van der Waals surface area contributed by atoms with Gasteiger partial charge >= 0.3 is 0 Å². The van der Waals surface area contributed by atoms with Gasteiger partial charge in [0.15, 0.2) is 0 Å². The monoisotopic (exact) mass is 269 g/mol. The van der Waals surface area contributed by atoms with Crippen molar-refractivity contribution in [1.82, 2.24) is 5.32 Å². The van der Waals surface area contributed by atoms with E-state index in [2.05, 4.69) is 56.4 Å². The average molecular weight is 269 g/mol. The number of hydrogen-bond donors (Lipinski definition) is 2. The molecule has 0 aliphatic heterocycles. The van der Waals surface area contributed by atoms with Gasteiger partial charge in [0.1, 0.15) is 0 Å². The van der Waals surface area contributed by atoms with Crippen molar-refractivity contribution in [2.75, 3.05) is 6.61 Å². The van der Waals surface area contributed by atoms with Crippen LogP contribution in [-0.2, 0) is 12.1 Å². The van der Waals surface area contributed by atoms with Crippen LogP contribution in [0.3, 0.4) is 0 Å². The van der Waals surface area contributed by atoms with Crippen LogP contribution < -0.4 is 5.32 Å². The van der Waals surface area contributed by atoms with Gasteiger partial charge in [-0.3, -0.25) is 0 Å². The molecule has 106 valence electrons. The number of benzene rings is 2. The van der Waals surface area contributed by atoms with Crippen molar-refractivity contribution in [3.05, 3.63) is 70.8 Å². The lowest BCUT2D eigenvalue weighted by atomic mass is 9.88. The van der Waals surface area contributed by atoms with Crippen molar-refractivity contribution in [3.8, 4) is 0 Å². The molecule has 2 nitrogen and oxygen atoms in total. The van der Waals surface area contributed by atoms with E-state index in [-0.39, 0.29) is 6.61 Å². The molecule has 0 fully saturated rings. The molecule has 0 aliphatic rings. The summed E-state index contributed by atoms with van der Waals surface area (Å²) in [6, 6.07) is 16.6. The normalized spacial score (nSPS) is 14.0. The zero-order valence-electron chi connectivity index (χ0n) is 12.5. The lowest BCUT2D eigenvalue weighted by Crippen LogP contribution is -2.43. The molecule has 0 radical (unpaired) electrons. The number of rotatable bonds is 5. The highest BCUT2D eigenvalue weighted by Gasteiger charge is 2.26. The van der Waals surface area contributed by atoms with E-state index in [0.717, 1.165) is 12.1 Å². The van der Waals surface area contributed by atoms with Crippen molar-refractivity contribution in [2.45, 2.75) is 32.9 Å². The predicted octanol–water partition coefficient (Wildman–Crippen LogP) is 3.30. The van der Waals surface area contributed by atoms with Crippen LogP contribution in [0.4, 0.5) is 0 Å². The minimum atomic E-state index is -0.425. The standard InChI is InChI=1S/C18H23NO/c1-14-9-10-15(2)17(11-14)18(3,13-20)19-12-16-7-5-4-6-8-16/h4-11,19-20H,12-13H2,1-3H3. The average Bonchev–Trinajstić information content (AvgIpc) is 2.48. The highest BCUT2D eigenvalue weighted by molar-refractivity contribution is 5.36. The molecule has 0 bridgehead atoms. The lowest BCUT2D eigenvalue weighted by molar-refractivity contribution is 0.173. The van der Waals surface area contributed by atoms with E-state index in [1.54, 1.807) is 0 Å². The number of nitrogens with one attached hydrogen (secondary N) is 1. The molecule has 0 saturated heterocycles. The van der Waals surface area contributed by atoms with E-state index in [4.69, 9.17) is 0 Å². The molecule has 1 unspecified atom stereocenters. The number of hydrogen-bond acceptors (Lipinski definition) is 2. The van der Waals surface area contributed by atoms with Crippen LogP contribution in [0.2, 0.25) is 0 Å². The number of aryl methyl sites for hydroxylation is 2. The molecule has 2 heteroatoms. The van der Waals surface area contributed by atoms with E-state index in [1.165, 1.54) is 16.7 Å². The van der Waals surface area contributed by atoms with Crippen LogP contribution in [0.5, 0.6) is 0 Å². The third-order valence-corrected chi connectivity index (χ3v) is 3.83. The Balaban J connectivity index is 2.22. The molecule has 0 amide bonds. The van der Waals surface area contributed by atoms with Gasteiger partial charge in [0, 0.05) is 6.54 Å². The Morgan fingerprint density at radius 3 is 2.40 bits per heavy atom. The molecule has 2 aromatic carbocycles. The molecular formula is C18H23NO. The second-order valence-electron chi connectivity index (χ2n) is 5.65. The fourth-order valence-electron chi connectivity index (χ4n) is 2.46. The highest BCUT2D eigenvalue weighted by atomic mass is 16.3. The summed E-state index contributed by atoms with van der Waals surface area (Å²) >= 11 is 0. The van der Waals surface area contributed by atoms with Crippen LogP contribution in [0.1, 0.15) is 29.2 Å². The third kappa shape index (κ3) is 3.27. The minimum Gasteiger partial charge on any atom is -0.394 e. The van der Waals surface area contributed by atoms with Crippen molar-refractivity contribution in [2.24, 2.45) is 0 Å². The smallest absolute Gasteiger partial charge is 0.0652 e. The van der Waals surface area contributed by atoms with Crippen molar-refractivity contribution in [3.63, 3.8) is 0 Å². The van der Waals surface area contributed by atoms with E-state index in [1.807, 2.05) is 18.2 Å². The largest absolute Gasteiger partial charge is 0.394 e. The molecule has 0 aromatic heterocycles. The highest BCUT2D eigenvalue weighted by Crippen LogP contribution is 2.25. The molecule has 0 saturated carbocycles.